The van der Waals surface area contributed by atoms with Crippen LogP contribution in [-0.2, 0) is 29.0 Å². The maximum atomic E-state index is 11.9. The highest BCUT2D eigenvalue weighted by Gasteiger charge is 2.19. The summed E-state index contributed by atoms with van der Waals surface area (Å²) in [5.41, 5.74) is 5.94. The van der Waals surface area contributed by atoms with Crippen LogP contribution in [0, 0.1) is 0 Å². The minimum atomic E-state index is -0.829. The number of rotatable bonds is 9. The van der Waals surface area contributed by atoms with Crippen LogP contribution >= 0.6 is 0 Å². The maximum absolute atomic E-state index is 11.9. The van der Waals surface area contributed by atoms with Crippen molar-refractivity contribution in [1.29, 1.82) is 0 Å². The Labute approximate surface area is 169 Å². The molecule has 3 aromatic heterocycles. The topological polar surface area (TPSA) is 93.8 Å². The molecule has 0 aliphatic heterocycles. The van der Waals surface area contributed by atoms with Gasteiger partial charge >= 0.3 is 5.97 Å². The van der Waals surface area contributed by atoms with Gasteiger partial charge in [0.2, 0.25) is 0 Å². The molecule has 0 fully saturated rings. The zero-order valence-corrected chi connectivity index (χ0v) is 16.9. The van der Waals surface area contributed by atoms with E-state index in [1.807, 2.05) is 22.7 Å². The minimum absolute atomic E-state index is 0.0569. The third kappa shape index (κ3) is 4.35. The highest BCUT2D eigenvalue weighted by Crippen LogP contribution is 2.33. The molecule has 0 aliphatic rings. The number of pyridine rings is 1. The molecular weight excluding hydrogens is 370 g/mol. The van der Waals surface area contributed by atoms with Crippen molar-refractivity contribution in [3.63, 3.8) is 0 Å². The number of ketones is 1. The van der Waals surface area contributed by atoms with E-state index in [1.54, 1.807) is 19.5 Å². The number of ether oxygens (including phenoxy) is 1. The quantitative estimate of drug-likeness (QED) is 0.555. The summed E-state index contributed by atoms with van der Waals surface area (Å²) in [4.78, 5) is 27.2. The van der Waals surface area contributed by atoms with Crippen LogP contribution < -0.4 is 0 Å². The largest absolute Gasteiger partial charge is 0.481 e. The van der Waals surface area contributed by atoms with Crippen LogP contribution in [0.2, 0.25) is 0 Å². The van der Waals surface area contributed by atoms with Crippen molar-refractivity contribution in [1.82, 2.24) is 14.6 Å². The molecule has 3 aromatic rings. The van der Waals surface area contributed by atoms with E-state index in [4.69, 9.17) is 14.9 Å². The Kier molecular flexibility index (Phi) is 6.39. The third-order valence-corrected chi connectivity index (χ3v) is 4.95. The summed E-state index contributed by atoms with van der Waals surface area (Å²) in [6, 6.07) is 5.88. The molecule has 0 atom stereocenters. The fraction of sp³-hybridized carbons (Fsp3) is 0.364. The lowest BCUT2D eigenvalue weighted by Crippen LogP contribution is -2.10. The van der Waals surface area contributed by atoms with Gasteiger partial charge in [0.25, 0.3) is 0 Å². The first kappa shape index (κ1) is 20.7. The van der Waals surface area contributed by atoms with Crippen LogP contribution in [0.25, 0.3) is 16.6 Å². The van der Waals surface area contributed by atoms with Crippen LogP contribution in [0.3, 0.4) is 0 Å². The fourth-order valence-corrected chi connectivity index (χ4v) is 3.56. The predicted molar refractivity (Wildman–Crippen MR) is 109 cm³/mol. The number of carboxylic acids is 1. The number of aliphatic carboxylic acids is 1. The number of carbonyl (C=O) groups excluding carboxylic acids is 1. The number of aromatic nitrogens is 3. The second-order valence-corrected chi connectivity index (χ2v) is 6.97. The summed E-state index contributed by atoms with van der Waals surface area (Å²) < 4.78 is 7.29. The van der Waals surface area contributed by atoms with Crippen molar-refractivity contribution in [2.45, 2.75) is 46.1 Å². The van der Waals surface area contributed by atoms with Crippen LogP contribution in [0.15, 0.2) is 30.6 Å². The van der Waals surface area contributed by atoms with Crippen molar-refractivity contribution in [2.75, 3.05) is 7.11 Å². The van der Waals surface area contributed by atoms with Gasteiger partial charge in [0.05, 0.1) is 17.8 Å². The Morgan fingerprint density at radius 3 is 2.69 bits per heavy atom. The Bertz CT molecular complexity index is 1060. The monoisotopic (exact) mass is 395 g/mol. The second-order valence-electron chi connectivity index (χ2n) is 6.97. The van der Waals surface area contributed by atoms with Crippen LogP contribution in [-0.4, -0.2) is 38.6 Å². The summed E-state index contributed by atoms with van der Waals surface area (Å²) in [6.07, 6.45) is 5.21. The third-order valence-electron chi connectivity index (χ3n) is 4.95. The zero-order chi connectivity index (χ0) is 21.0. The molecule has 0 aliphatic carbocycles. The molecule has 0 radical (unpaired) electrons. The number of methoxy groups -OCH3 is 1. The van der Waals surface area contributed by atoms with E-state index in [-0.39, 0.29) is 12.2 Å². The second kappa shape index (κ2) is 8.96. The van der Waals surface area contributed by atoms with E-state index < -0.39 is 5.97 Å². The van der Waals surface area contributed by atoms with Gasteiger partial charge in [0.15, 0.2) is 5.78 Å². The Morgan fingerprint density at radius 2 is 2.03 bits per heavy atom. The van der Waals surface area contributed by atoms with Gasteiger partial charge in [-0.25, -0.2) is 4.52 Å². The van der Waals surface area contributed by atoms with Crippen molar-refractivity contribution in [2.24, 2.45) is 0 Å². The number of fused-ring (bicyclic) bond motifs is 1. The first-order chi connectivity index (χ1) is 14.0. The molecule has 0 saturated carbocycles. The first-order valence-corrected chi connectivity index (χ1v) is 9.65. The maximum Gasteiger partial charge on any atom is 0.303 e. The molecular formula is C22H25N3O4. The summed E-state index contributed by atoms with van der Waals surface area (Å²) >= 11 is 0. The van der Waals surface area contributed by atoms with E-state index in [9.17, 15) is 9.59 Å². The van der Waals surface area contributed by atoms with Gasteiger partial charge < -0.3 is 9.84 Å². The molecule has 0 saturated heterocycles. The number of hydrogen-bond acceptors (Lipinski definition) is 5. The summed E-state index contributed by atoms with van der Waals surface area (Å²) in [5.74, 6) is -0.885. The van der Waals surface area contributed by atoms with Crippen molar-refractivity contribution in [3.05, 3.63) is 53.1 Å². The van der Waals surface area contributed by atoms with Crippen molar-refractivity contribution >= 4 is 17.3 Å². The first-order valence-electron chi connectivity index (χ1n) is 9.65. The predicted octanol–water partition coefficient (Wildman–Crippen LogP) is 3.72. The number of Topliss-reactive ketones (excluding diaryl/α,β-unsaturated/α-hetero) is 1. The summed E-state index contributed by atoms with van der Waals surface area (Å²) in [7, 11) is 1.61. The average Bonchev–Trinajstić information content (AvgIpc) is 3.10. The lowest BCUT2D eigenvalue weighted by atomic mass is 9.94. The highest BCUT2D eigenvalue weighted by molar-refractivity contribution is 5.96. The Balaban J connectivity index is 2.27. The molecule has 0 unspecified atom stereocenters. The van der Waals surface area contributed by atoms with E-state index >= 15 is 0 Å². The van der Waals surface area contributed by atoms with Gasteiger partial charge in [-0.05, 0) is 49.9 Å². The van der Waals surface area contributed by atoms with Gasteiger partial charge in [-0.3, -0.25) is 14.6 Å². The van der Waals surface area contributed by atoms with Crippen LogP contribution in [0.4, 0.5) is 0 Å². The van der Waals surface area contributed by atoms with Gasteiger partial charge in [0.1, 0.15) is 0 Å². The SMILES string of the molecule is CCc1ccc2c(-c3cncc(C(C)=O)c3)c(CCCC(=O)O)c(COC)nn12. The van der Waals surface area contributed by atoms with Gasteiger partial charge in [-0.1, -0.05) is 6.92 Å². The molecule has 29 heavy (non-hydrogen) atoms. The lowest BCUT2D eigenvalue weighted by molar-refractivity contribution is -0.137. The molecule has 7 nitrogen and oxygen atoms in total. The van der Waals surface area contributed by atoms with Crippen LogP contribution in [0.5, 0.6) is 0 Å². The molecule has 0 spiro atoms. The molecule has 152 valence electrons. The van der Waals surface area contributed by atoms with Crippen molar-refractivity contribution in [3.8, 4) is 11.1 Å². The number of hydrogen-bond donors (Lipinski definition) is 1. The number of aryl methyl sites for hydroxylation is 1. The molecule has 0 aromatic carbocycles. The van der Waals surface area contributed by atoms with Gasteiger partial charge in [0, 0.05) is 48.3 Å². The normalized spacial score (nSPS) is 11.1. The number of carboxylic acid groups (broad SMARTS) is 1. The average molecular weight is 395 g/mol. The molecule has 0 amide bonds. The van der Waals surface area contributed by atoms with Gasteiger partial charge in [-0.2, -0.15) is 5.10 Å². The molecule has 0 bridgehead atoms. The van der Waals surface area contributed by atoms with E-state index in [0.29, 0.717) is 25.0 Å². The molecule has 3 rings (SSSR count). The fourth-order valence-electron chi connectivity index (χ4n) is 3.56. The van der Waals surface area contributed by atoms with E-state index in [1.165, 1.54) is 6.92 Å². The summed E-state index contributed by atoms with van der Waals surface area (Å²) in [5, 5.41) is 13.9. The highest BCUT2D eigenvalue weighted by atomic mass is 16.5. The minimum Gasteiger partial charge on any atom is -0.481 e. The number of nitrogens with zero attached hydrogens (tertiary/aromatic N) is 3. The Morgan fingerprint density at radius 1 is 1.24 bits per heavy atom. The standard InChI is InChI=1S/C22H25N3O4/c1-4-17-8-9-20-22(16-10-15(14(2)26)11-23-12-16)18(6-5-7-21(27)28)19(13-29-3)24-25(17)20/h8-12H,4-7,13H2,1-3H3,(H,27,28). The van der Waals surface area contributed by atoms with E-state index in [2.05, 4.69) is 11.9 Å². The smallest absolute Gasteiger partial charge is 0.303 e. The van der Waals surface area contributed by atoms with Gasteiger partial charge in [-0.15, -0.1) is 0 Å². The lowest BCUT2D eigenvalue weighted by Gasteiger charge is -2.17. The molecule has 1 N–H and O–H groups in total. The zero-order valence-electron chi connectivity index (χ0n) is 16.9. The Hall–Kier alpha value is -3.06. The molecule has 3 heterocycles. The van der Waals surface area contributed by atoms with Crippen LogP contribution in [0.1, 0.15) is 54.0 Å². The van der Waals surface area contributed by atoms with E-state index in [0.717, 1.165) is 40.0 Å². The number of carbonyl (C=O) groups is 2. The molecule has 7 heteroatoms. The summed E-state index contributed by atoms with van der Waals surface area (Å²) in [6.45, 7) is 3.89. The van der Waals surface area contributed by atoms with Crippen molar-refractivity contribution < 1.29 is 19.4 Å².